The number of ether oxygens (including phenoxy) is 1. The van der Waals surface area contributed by atoms with Gasteiger partial charge in [0.05, 0.1) is 12.6 Å². The number of benzene rings is 1. The van der Waals surface area contributed by atoms with E-state index >= 15 is 0 Å². The van der Waals surface area contributed by atoms with Crippen molar-refractivity contribution in [3.8, 4) is 5.75 Å². The minimum atomic E-state index is -0.408. The highest BCUT2D eigenvalue weighted by Gasteiger charge is 2.33. The van der Waals surface area contributed by atoms with Gasteiger partial charge in [0.15, 0.2) is 5.17 Å². The first-order valence-electron chi connectivity index (χ1n) is 8.22. The molecule has 1 saturated heterocycles. The number of amides is 2. The van der Waals surface area contributed by atoms with Gasteiger partial charge in [0.2, 0.25) is 11.8 Å². The highest BCUT2D eigenvalue weighted by Crippen LogP contribution is 2.29. The first-order chi connectivity index (χ1) is 11.6. The van der Waals surface area contributed by atoms with E-state index in [0.29, 0.717) is 23.5 Å². The fraction of sp³-hybridized carbons (Fsp3) is 0.471. The van der Waals surface area contributed by atoms with Crippen molar-refractivity contribution < 1.29 is 14.3 Å². The maximum Gasteiger partial charge on any atom is 0.240 e. The average molecular weight is 347 g/mol. The van der Waals surface area contributed by atoms with Crippen molar-refractivity contribution in [3.63, 3.8) is 0 Å². The highest BCUT2D eigenvalue weighted by atomic mass is 32.2. The number of nitrogens with one attached hydrogen (secondary N) is 2. The van der Waals surface area contributed by atoms with Crippen LogP contribution < -0.4 is 15.4 Å². The van der Waals surface area contributed by atoms with Gasteiger partial charge in [-0.2, -0.15) is 0 Å². The largest absolute Gasteiger partial charge is 0.494 e. The standard InChI is InChI=1S/C17H21N3O3S/c1-2-9-23-13-7-5-11(6-8-13)18-15(21)10-14-16(22)20-17(24-14)19-12-3-4-12/h5-8,12,14H,2-4,9-10H2,1H3,(H,18,21)(H,19,20,22). The Kier molecular flexibility index (Phi) is 5.40. The number of rotatable bonds is 7. The van der Waals surface area contributed by atoms with Gasteiger partial charge < -0.3 is 15.4 Å². The van der Waals surface area contributed by atoms with Crippen molar-refractivity contribution in [3.05, 3.63) is 24.3 Å². The second-order valence-electron chi connectivity index (χ2n) is 5.89. The highest BCUT2D eigenvalue weighted by molar-refractivity contribution is 8.15. The average Bonchev–Trinajstić information content (AvgIpc) is 3.30. The lowest BCUT2D eigenvalue weighted by Crippen LogP contribution is -2.28. The van der Waals surface area contributed by atoms with Crippen LogP contribution in [0.2, 0.25) is 0 Å². The van der Waals surface area contributed by atoms with Crippen LogP contribution in [0.4, 0.5) is 5.69 Å². The molecular formula is C17H21N3O3S. The molecule has 1 saturated carbocycles. The SMILES string of the molecule is CCCOc1ccc(NC(=O)CC2SC(=NC3CC3)NC2=O)cc1. The molecule has 24 heavy (non-hydrogen) atoms. The van der Waals surface area contributed by atoms with Crippen molar-refractivity contribution in [2.75, 3.05) is 11.9 Å². The molecule has 2 fully saturated rings. The number of anilines is 1. The summed E-state index contributed by atoms with van der Waals surface area (Å²) in [5, 5.41) is 5.80. The summed E-state index contributed by atoms with van der Waals surface area (Å²) < 4.78 is 5.50. The van der Waals surface area contributed by atoms with Crippen LogP contribution in [0.3, 0.4) is 0 Å². The topological polar surface area (TPSA) is 79.8 Å². The van der Waals surface area contributed by atoms with E-state index in [9.17, 15) is 9.59 Å². The van der Waals surface area contributed by atoms with E-state index in [2.05, 4.69) is 15.6 Å². The Bertz CT molecular complexity index is 641. The first-order valence-corrected chi connectivity index (χ1v) is 9.10. The third-order valence-electron chi connectivity index (χ3n) is 3.60. The van der Waals surface area contributed by atoms with Gasteiger partial charge in [0, 0.05) is 12.1 Å². The van der Waals surface area contributed by atoms with Crippen molar-refractivity contribution in [2.45, 2.75) is 43.9 Å². The number of nitrogens with zero attached hydrogens (tertiary/aromatic N) is 1. The Labute approximate surface area is 145 Å². The lowest BCUT2D eigenvalue weighted by atomic mass is 10.2. The monoisotopic (exact) mass is 347 g/mol. The van der Waals surface area contributed by atoms with Crippen LogP contribution in [0.1, 0.15) is 32.6 Å². The lowest BCUT2D eigenvalue weighted by molar-refractivity contribution is -0.122. The second kappa shape index (κ2) is 7.70. The quantitative estimate of drug-likeness (QED) is 0.794. The van der Waals surface area contributed by atoms with E-state index in [-0.39, 0.29) is 18.2 Å². The minimum Gasteiger partial charge on any atom is -0.494 e. The molecule has 2 amide bonds. The summed E-state index contributed by atoms with van der Waals surface area (Å²) in [7, 11) is 0. The smallest absolute Gasteiger partial charge is 0.240 e. The van der Waals surface area contributed by atoms with Gasteiger partial charge in [-0.3, -0.25) is 14.6 Å². The fourth-order valence-corrected chi connectivity index (χ4v) is 3.24. The molecule has 2 N–H and O–H groups in total. The van der Waals surface area contributed by atoms with Crippen LogP contribution in [-0.2, 0) is 9.59 Å². The Morgan fingerprint density at radius 2 is 2.12 bits per heavy atom. The molecule has 0 spiro atoms. The fourth-order valence-electron chi connectivity index (χ4n) is 2.20. The van der Waals surface area contributed by atoms with Gasteiger partial charge in [0.25, 0.3) is 0 Å². The molecule has 1 aromatic rings. The number of aliphatic imine (C=N–C) groups is 1. The molecule has 3 rings (SSSR count). The van der Waals surface area contributed by atoms with Gasteiger partial charge in [-0.05, 0) is 43.5 Å². The molecule has 1 aliphatic heterocycles. The van der Waals surface area contributed by atoms with Gasteiger partial charge >= 0.3 is 0 Å². The van der Waals surface area contributed by atoms with Gasteiger partial charge in [-0.25, -0.2) is 0 Å². The zero-order valence-corrected chi connectivity index (χ0v) is 14.4. The zero-order chi connectivity index (χ0) is 16.9. The minimum absolute atomic E-state index is 0.133. The van der Waals surface area contributed by atoms with E-state index in [1.807, 2.05) is 19.1 Å². The van der Waals surface area contributed by atoms with E-state index < -0.39 is 5.25 Å². The third kappa shape index (κ3) is 4.74. The van der Waals surface area contributed by atoms with Crippen molar-refractivity contribution in [1.82, 2.24) is 5.32 Å². The molecule has 1 aliphatic carbocycles. The Morgan fingerprint density at radius 1 is 1.38 bits per heavy atom. The van der Waals surface area contributed by atoms with Crippen molar-refractivity contribution in [2.24, 2.45) is 4.99 Å². The Balaban J connectivity index is 1.49. The number of thioether (sulfide) groups is 1. The van der Waals surface area contributed by atoms with Crippen molar-refractivity contribution >= 4 is 34.4 Å². The molecule has 0 bridgehead atoms. The zero-order valence-electron chi connectivity index (χ0n) is 13.6. The van der Waals surface area contributed by atoms with Crippen LogP contribution in [0.5, 0.6) is 5.75 Å². The molecule has 128 valence electrons. The first kappa shape index (κ1) is 16.8. The molecule has 0 aromatic heterocycles. The number of carbonyl (C=O) groups excluding carboxylic acids is 2. The van der Waals surface area contributed by atoms with E-state index in [1.54, 1.807) is 12.1 Å². The number of hydrogen-bond donors (Lipinski definition) is 2. The number of amidine groups is 1. The summed E-state index contributed by atoms with van der Waals surface area (Å²) in [4.78, 5) is 28.5. The summed E-state index contributed by atoms with van der Waals surface area (Å²) in [5.41, 5.74) is 0.694. The lowest BCUT2D eigenvalue weighted by Gasteiger charge is -2.09. The maximum absolute atomic E-state index is 12.1. The Hall–Kier alpha value is -2.02. The molecule has 1 heterocycles. The molecule has 1 atom stereocenters. The van der Waals surface area contributed by atoms with Gasteiger partial charge in [0.1, 0.15) is 11.0 Å². The molecule has 2 aliphatic rings. The summed E-state index contributed by atoms with van der Waals surface area (Å²) in [6.45, 7) is 2.72. The van der Waals surface area contributed by atoms with E-state index in [1.165, 1.54) is 11.8 Å². The summed E-state index contributed by atoms with van der Waals surface area (Å²) in [5.74, 6) is 0.455. The van der Waals surface area contributed by atoms with Crippen LogP contribution in [-0.4, -0.2) is 34.9 Å². The van der Waals surface area contributed by atoms with E-state index in [4.69, 9.17) is 4.74 Å². The van der Waals surface area contributed by atoms with E-state index in [0.717, 1.165) is 25.0 Å². The molecule has 1 unspecified atom stereocenters. The predicted octanol–water partition coefficient (Wildman–Crippen LogP) is 2.55. The molecule has 6 nitrogen and oxygen atoms in total. The number of hydrogen-bond acceptors (Lipinski definition) is 5. The van der Waals surface area contributed by atoms with Gasteiger partial charge in [-0.15, -0.1) is 0 Å². The third-order valence-corrected chi connectivity index (χ3v) is 4.70. The van der Waals surface area contributed by atoms with Crippen LogP contribution in [0, 0.1) is 0 Å². The summed E-state index contributed by atoms with van der Waals surface area (Å²) in [6.07, 6.45) is 3.26. The molecule has 1 aromatic carbocycles. The Morgan fingerprint density at radius 3 is 2.79 bits per heavy atom. The van der Waals surface area contributed by atoms with Crippen LogP contribution >= 0.6 is 11.8 Å². The summed E-state index contributed by atoms with van der Waals surface area (Å²) >= 11 is 1.35. The summed E-state index contributed by atoms with van der Waals surface area (Å²) in [6, 6.07) is 7.59. The maximum atomic E-state index is 12.1. The van der Waals surface area contributed by atoms with Crippen LogP contribution in [0.15, 0.2) is 29.3 Å². The second-order valence-corrected chi connectivity index (χ2v) is 7.08. The normalized spacial score (nSPS) is 21.6. The molecule has 7 heteroatoms. The number of carbonyl (C=O) groups is 2. The molecular weight excluding hydrogens is 326 g/mol. The van der Waals surface area contributed by atoms with Crippen molar-refractivity contribution in [1.29, 1.82) is 0 Å². The predicted molar refractivity (Wildman–Crippen MR) is 95.5 cm³/mol. The van der Waals surface area contributed by atoms with Gasteiger partial charge in [-0.1, -0.05) is 18.7 Å². The van der Waals surface area contributed by atoms with Crippen LogP contribution in [0.25, 0.3) is 0 Å². The molecule has 0 radical (unpaired) electrons.